The Balaban J connectivity index is 1.35. The molecule has 3 rings (SSSR count). The van der Waals surface area contributed by atoms with Crippen LogP contribution in [0, 0.1) is 11.8 Å². The van der Waals surface area contributed by atoms with Crippen LogP contribution in [0.2, 0.25) is 5.02 Å². The first-order valence-electron chi connectivity index (χ1n) is 10.5. The van der Waals surface area contributed by atoms with E-state index in [0.717, 1.165) is 18.4 Å². The van der Waals surface area contributed by atoms with E-state index in [-0.39, 0.29) is 35.1 Å². The number of sulfonamides is 1. The number of halogens is 1. The summed E-state index contributed by atoms with van der Waals surface area (Å²) >= 11 is 5.81. The maximum Gasteiger partial charge on any atom is 0.240 e. The number of carbonyl (C=O) groups is 2. The summed E-state index contributed by atoms with van der Waals surface area (Å²) in [7, 11) is -3.59. The highest BCUT2D eigenvalue weighted by Crippen LogP contribution is 2.29. The minimum atomic E-state index is -3.59. The maximum atomic E-state index is 12.4. The highest BCUT2D eigenvalue weighted by Gasteiger charge is 2.27. The van der Waals surface area contributed by atoms with Crippen LogP contribution in [0.15, 0.2) is 53.7 Å². The third kappa shape index (κ3) is 7.29. The number of amides is 2. The van der Waals surface area contributed by atoms with Gasteiger partial charge in [-0.3, -0.25) is 14.6 Å². The van der Waals surface area contributed by atoms with Gasteiger partial charge >= 0.3 is 0 Å². The molecule has 2 aromatic rings. The van der Waals surface area contributed by atoms with Gasteiger partial charge in [0.05, 0.1) is 11.4 Å². The van der Waals surface area contributed by atoms with Crippen LogP contribution >= 0.6 is 11.6 Å². The highest BCUT2D eigenvalue weighted by atomic mass is 35.5. The Morgan fingerprint density at radius 2 is 1.75 bits per heavy atom. The number of carbonyl (C=O) groups excluding carboxylic acids is 2. The van der Waals surface area contributed by atoms with Crippen LogP contribution in [0.4, 0.5) is 0 Å². The normalized spacial score (nSPS) is 18.7. The fourth-order valence-electron chi connectivity index (χ4n) is 3.63. The number of hydrogen-bond acceptors (Lipinski definition) is 5. The predicted octanol–water partition coefficient (Wildman–Crippen LogP) is 2.25. The third-order valence-electron chi connectivity index (χ3n) is 5.54. The van der Waals surface area contributed by atoms with E-state index in [4.69, 9.17) is 11.6 Å². The Kier molecular flexibility index (Phi) is 8.60. The zero-order valence-corrected chi connectivity index (χ0v) is 19.2. The average Bonchev–Trinajstić information content (AvgIpc) is 2.81. The van der Waals surface area contributed by atoms with Crippen LogP contribution in [0.5, 0.6) is 0 Å². The second-order valence-electron chi connectivity index (χ2n) is 7.88. The second-order valence-corrected chi connectivity index (χ2v) is 10.1. The highest BCUT2D eigenvalue weighted by molar-refractivity contribution is 7.89. The number of nitrogens with one attached hydrogen (secondary N) is 3. The van der Waals surface area contributed by atoms with Gasteiger partial charge < -0.3 is 10.6 Å². The fraction of sp³-hybridized carbons (Fsp3) is 0.409. The maximum absolute atomic E-state index is 12.4. The molecule has 0 bridgehead atoms. The number of nitrogens with zero attached hydrogens (tertiary/aromatic N) is 1. The van der Waals surface area contributed by atoms with Crippen LogP contribution in [0.25, 0.3) is 0 Å². The smallest absolute Gasteiger partial charge is 0.240 e. The molecular weight excluding hydrogens is 452 g/mol. The van der Waals surface area contributed by atoms with E-state index in [1.54, 1.807) is 30.6 Å². The lowest BCUT2D eigenvalue weighted by Gasteiger charge is -2.27. The van der Waals surface area contributed by atoms with E-state index in [0.29, 0.717) is 31.0 Å². The molecule has 0 atom stereocenters. The number of hydrogen-bond donors (Lipinski definition) is 3. The molecular formula is C22H27ClN4O4S. The predicted molar refractivity (Wildman–Crippen MR) is 121 cm³/mol. The third-order valence-corrected chi connectivity index (χ3v) is 7.23. The van der Waals surface area contributed by atoms with Gasteiger partial charge in [0.1, 0.15) is 0 Å². The molecule has 172 valence electrons. The molecule has 2 amide bonds. The summed E-state index contributed by atoms with van der Waals surface area (Å²) < 4.78 is 27.4. The van der Waals surface area contributed by atoms with Gasteiger partial charge in [-0.15, -0.1) is 0 Å². The van der Waals surface area contributed by atoms with E-state index in [2.05, 4.69) is 20.3 Å². The molecule has 0 saturated heterocycles. The van der Waals surface area contributed by atoms with Gasteiger partial charge in [0, 0.05) is 36.4 Å². The molecule has 32 heavy (non-hydrogen) atoms. The minimum Gasteiger partial charge on any atom is -0.350 e. The number of pyridine rings is 1. The molecule has 1 aliphatic rings. The molecule has 0 aliphatic heterocycles. The molecule has 0 radical (unpaired) electrons. The van der Waals surface area contributed by atoms with Crippen molar-refractivity contribution in [3.63, 3.8) is 0 Å². The van der Waals surface area contributed by atoms with Crippen molar-refractivity contribution >= 4 is 33.4 Å². The minimum absolute atomic E-state index is 0.0695. The van der Waals surface area contributed by atoms with Crippen LogP contribution < -0.4 is 15.4 Å². The van der Waals surface area contributed by atoms with Crippen LogP contribution in [0.1, 0.15) is 31.2 Å². The van der Waals surface area contributed by atoms with Crippen molar-refractivity contribution in [3.05, 3.63) is 59.4 Å². The van der Waals surface area contributed by atoms with E-state index >= 15 is 0 Å². The van der Waals surface area contributed by atoms with E-state index in [1.807, 2.05) is 6.07 Å². The average molecular weight is 479 g/mol. The Bertz CT molecular complexity index is 1010. The lowest BCUT2D eigenvalue weighted by atomic mass is 9.81. The van der Waals surface area contributed by atoms with Crippen molar-refractivity contribution in [2.45, 2.75) is 37.1 Å². The van der Waals surface area contributed by atoms with Crippen molar-refractivity contribution < 1.29 is 18.0 Å². The van der Waals surface area contributed by atoms with Crippen molar-refractivity contribution in [2.24, 2.45) is 11.8 Å². The standard InChI is InChI=1S/C22H27ClN4O4S/c23-19-7-9-20(10-8-19)32(30,31)27-14-16-3-5-18(6-4-16)22(29)26-15-21(28)25-13-17-2-1-11-24-12-17/h1-2,7-12,16,18,27H,3-6,13-15H2,(H,25,28)(H,26,29). The summed E-state index contributed by atoms with van der Waals surface area (Å²) in [6.07, 6.45) is 6.15. The van der Waals surface area contributed by atoms with Crippen molar-refractivity contribution in [1.82, 2.24) is 20.3 Å². The first-order chi connectivity index (χ1) is 15.3. The molecule has 1 saturated carbocycles. The SMILES string of the molecule is O=C(CNC(=O)C1CCC(CNS(=O)(=O)c2ccc(Cl)cc2)CC1)NCc1cccnc1. The first-order valence-corrected chi connectivity index (χ1v) is 12.4. The molecule has 0 unspecified atom stereocenters. The molecule has 0 spiro atoms. The molecule has 1 fully saturated rings. The lowest BCUT2D eigenvalue weighted by molar-refractivity contribution is -0.129. The second kappa shape index (κ2) is 11.4. The number of benzene rings is 1. The Hall–Kier alpha value is -2.49. The molecule has 1 aliphatic carbocycles. The van der Waals surface area contributed by atoms with Gasteiger partial charge in [-0.05, 0) is 67.5 Å². The Labute approximate surface area is 193 Å². The van der Waals surface area contributed by atoms with Gasteiger partial charge in [0.2, 0.25) is 21.8 Å². The summed E-state index contributed by atoms with van der Waals surface area (Å²) in [5, 5.41) is 5.92. The van der Waals surface area contributed by atoms with E-state index in [9.17, 15) is 18.0 Å². The van der Waals surface area contributed by atoms with Gasteiger partial charge in [0.15, 0.2) is 0 Å². The quantitative estimate of drug-likeness (QED) is 0.511. The van der Waals surface area contributed by atoms with Gasteiger partial charge in [-0.2, -0.15) is 0 Å². The summed E-state index contributed by atoms with van der Waals surface area (Å²) in [6.45, 7) is 0.621. The largest absolute Gasteiger partial charge is 0.350 e. The Morgan fingerprint density at radius 1 is 1.03 bits per heavy atom. The lowest BCUT2D eigenvalue weighted by Crippen LogP contribution is -2.41. The zero-order valence-electron chi connectivity index (χ0n) is 17.6. The van der Waals surface area contributed by atoms with Crippen molar-refractivity contribution in [2.75, 3.05) is 13.1 Å². The van der Waals surface area contributed by atoms with Crippen LogP contribution in [0.3, 0.4) is 0 Å². The fourth-order valence-corrected chi connectivity index (χ4v) is 4.87. The Morgan fingerprint density at radius 3 is 2.41 bits per heavy atom. The van der Waals surface area contributed by atoms with Crippen molar-refractivity contribution in [3.8, 4) is 0 Å². The molecule has 1 heterocycles. The van der Waals surface area contributed by atoms with Crippen LogP contribution in [-0.4, -0.2) is 38.3 Å². The molecule has 1 aromatic carbocycles. The number of rotatable bonds is 9. The molecule has 1 aromatic heterocycles. The van der Waals surface area contributed by atoms with Gasteiger partial charge in [0.25, 0.3) is 0 Å². The topological polar surface area (TPSA) is 117 Å². The monoisotopic (exact) mass is 478 g/mol. The summed E-state index contributed by atoms with van der Waals surface area (Å²) in [5.41, 5.74) is 0.886. The van der Waals surface area contributed by atoms with E-state index in [1.165, 1.54) is 12.1 Å². The summed E-state index contributed by atoms with van der Waals surface area (Å²) in [5.74, 6) is -0.386. The molecule has 3 N–H and O–H groups in total. The molecule has 8 nitrogen and oxygen atoms in total. The van der Waals surface area contributed by atoms with E-state index < -0.39 is 10.0 Å². The van der Waals surface area contributed by atoms with Gasteiger partial charge in [-0.1, -0.05) is 17.7 Å². The van der Waals surface area contributed by atoms with Crippen molar-refractivity contribution in [1.29, 1.82) is 0 Å². The van der Waals surface area contributed by atoms with Gasteiger partial charge in [-0.25, -0.2) is 13.1 Å². The molecule has 10 heteroatoms. The van der Waals surface area contributed by atoms with Crippen LogP contribution in [-0.2, 0) is 26.2 Å². The zero-order chi connectivity index (χ0) is 23.0. The number of aromatic nitrogens is 1. The summed E-state index contributed by atoms with van der Waals surface area (Å²) in [6, 6.07) is 9.68. The first kappa shape index (κ1) is 24.2. The summed E-state index contributed by atoms with van der Waals surface area (Å²) in [4.78, 5) is 28.5.